The molecule has 1 unspecified atom stereocenters. The summed E-state index contributed by atoms with van der Waals surface area (Å²) in [6.45, 7) is 4.45. The quantitative estimate of drug-likeness (QED) is 0.854. The number of morpholine rings is 1. The summed E-state index contributed by atoms with van der Waals surface area (Å²) in [7, 11) is -3.62. The van der Waals surface area contributed by atoms with Gasteiger partial charge < -0.3 is 10.1 Å². The average molecular weight is 388 g/mol. The molecule has 1 aliphatic heterocycles. The normalized spacial score (nSPS) is 18.2. The highest BCUT2D eigenvalue weighted by Crippen LogP contribution is 2.27. The number of carbonyl (C=O) groups excluding carboxylic acids is 1. The number of ether oxygens (including phenoxy) is 1. The Morgan fingerprint density at radius 3 is 2.41 bits per heavy atom. The molecule has 1 saturated heterocycles. The Labute approximate surface area is 160 Å². The predicted octanol–water partition coefficient (Wildman–Crippen LogP) is 2.97. The molecule has 0 radical (unpaired) electrons. The van der Waals surface area contributed by atoms with Crippen LogP contribution in [0, 0.1) is 0 Å². The van der Waals surface area contributed by atoms with Crippen LogP contribution < -0.4 is 5.32 Å². The van der Waals surface area contributed by atoms with Gasteiger partial charge in [-0.2, -0.15) is 4.31 Å². The zero-order valence-electron chi connectivity index (χ0n) is 15.5. The Morgan fingerprint density at radius 1 is 1.15 bits per heavy atom. The van der Waals surface area contributed by atoms with E-state index in [1.54, 1.807) is 12.1 Å². The summed E-state index contributed by atoms with van der Waals surface area (Å²) >= 11 is 0. The lowest BCUT2D eigenvalue weighted by Gasteiger charge is -2.32. The first-order chi connectivity index (χ1) is 12.9. The van der Waals surface area contributed by atoms with Crippen LogP contribution in [0.15, 0.2) is 53.4 Å². The lowest BCUT2D eigenvalue weighted by atomic mass is 10.1. The molecule has 1 aliphatic rings. The van der Waals surface area contributed by atoms with Gasteiger partial charge in [0.1, 0.15) is 0 Å². The molecule has 1 fully saturated rings. The summed E-state index contributed by atoms with van der Waals surface area (Å²) in [6.07, 6.45) is 0.680. The van der Waals surface area contributed by atoms with Crippen molar-refractivity contribution in [2.24, 2.45) is 0 Å². The first-order valence-corrected chi connectivity index (χ1v) is 10.4. The molecule has 27 heavy (non-hydrogen) atoms. The molecule has 0 spiro atoms. The molecule has 7 heteroatoms. The third-order valence-electron chi connectivity index (χ3n) is 4.60. The van der Waals surface area contributed by atoms with Crippen LogP contribution in [0.3, 0.4) is 0 Å². The van der Waals surface area contributed by atoms with Gasteiger partial charge in [-0.05, 0) is 41.8 Å². The van der Waals surface area contributed by atoms with Crippen LogP contribution in [0.1, 0.15) is 31.1 Å². The maximum absolute atomic E-state index is 13.0. The summed E-state index contributed by atoms with van der Waals surface area (Å²) in [5, 5.41) is 2.63. The number of carbonyl (C=O) groups is 1. The van der Waals surface area contributed by atoms with Crippen LogP contribution in [0.5, 0.6) is 0 Å². The number of rotatable bonds is 5. The fourth-order valence-electron chi connectivity index (χ4n) is 3.08. The second kappa shape index (κ2) is 8.21. The minimum absolute atomic E-state index is 0.198. The number of aryl methyl sites for hydroxylation is 1. The smallest absolute Gasteiger partial charge is 0.243 e. The molecular formula is C20H24N2O4S. The van der Waals surface area contributed by atoms with Gasteiger partial charge in [-0.1, -0.05) is 31.2 Å². The van der Waals surface area contributed by atoms with E-state index in [4.69, 9.17) is 4.74 Å². The van der Waals surface area contributed by atoms with E-state index in [2.05, 4.69) is 12.2 Å². The van der Waals surface area contributed by atoms with Gasteiger partial charge >= 0.3 is 0 Å². The fourth-order valence-corrected chi connectivity index (χ4v) is 4.50. The Hall–Kier alpha value is -2.22. The molecular weight excluding hydrogens is 364 g/mol. The van der Waals surface area contributed by atoms with Crippen molar-refractivity contribution in [2.45, 2.75) is 31.3 Å². The molecule has 1 heterocycles. The van der Waals surface area contributed by atoms with Crippen LogP contribution in [-0.2, 0) is 26.0 Å². The van der Waals surface area contributed by atoms with Crippen LogP contribution in [0.2, 0.25) is 0 Å². The number of nitrogens with one attached hydrogen (secondary N) is 1. The minimum atomic E-state index is -3.62. The second-order valence-electron chi connectivity index (χ2n) is 6.52. The summed E-state index contributed by atoms with van der Waals surface area (Å²) < 4.78 is 33.2. The zero-order valence-corrected chi connectivity index (χ0v) is 16.3. The van der Waals surface area contributed by atoms with Gasteiger partial charge in [0.05, 0.1) is 17.6 Å². The first-order valence-electron chi connectivity index (χ1n) is 8.98. The van der Waals surface area contributed by atoms with Crippen molar-refractivity contribution in [3.05, 3.63) is 59.7 Å². The molecule has 1 N–H and O–H groups in total. The number of hydrogen-bond acceptors (Lipinski definition) is 4. The van der Waals surface area contributed by atoms with E-state index in [1.807, 2.05) is 24.3 Å². The van der Waals surface area contributed by atoms with Crippen molar-refractivity contribution in [3.63, 3.8) is 0 Å². The SMILES string of the molecule is CCc1ccc(C2CN(S(=O)(=O)c3ccc(NC(C)=O)cc3)CCO2)cc1. The molecule has 144 valence electrons. The zero-order chi connectivity index (χ0) is 19.4. The Kier molecular flexibility index (Phi) is 5.94. The lowest BCUT2D eigenvalue weighted by molar-refractivity contribution is -0.114. The molecule has 6 nitrogen and oxygen atoms in total. The Morgan fingerprint density at radius 2 is 1.81 bits per heavy atom. The predicted molar refractivity (Wildman–Crippen MR) is 104 cm³/mol. The highest BCUT2D eigenvalue weighted by molar-refractivity contribution is 7.89. The maximum atomic E-state index is 13.0. The number of nitrogens with zero attached hydrogens (tertiary/aromatic N) is 1. The molecule has 0 saturated carbocycles. The van der Waals surface area contributed by atoms with Gasteiger partial charge in [-0.25, -0.2) is 8.42 Å². The van der Waals surface area contributed by atoms with Crippen molar-refractivity contribution in [2.75, 3.05) is 25.0 Å². The third-order valence-corrected chi connectivity index (χ3v) is 6.48. The summed E-state index contributed by atoms with van der Waals surface area (Å²) in [4.78, 5) is 11.3. The van der Waals surface area contributed by atoms with E-state index in [1.165, 1.54) is 28.9 Å². The van der Waals surface area contributed by atoms with Crippen molar-refractivity contribution in [3.8, 4) is 0 Å². The minimum Gasteiger partial charge on any atom is -0.371 e. The maximum Gasteiger partial charge on any atom is 0.243 e. The fraction of sp³-hybridized carbons (Fsp3) is 0.350. The van der Waals surface area contributed by atoms with Gasteiger partial charge in [-0.3, -0.25) is 4.79 Å². The van der Waals surface area contributed by atoms with Crippen LogP contribution in [0.4, 0.5) is 5.69 Å². The number of hydrogen-bond donors (Lipinski definition) is 1. The Balaban J connectivity index is 1.76. The van der Waals surface area contributed by atoms with E-state index >= 15 is 0 Å². The molecule has 0 aromatic heterocycles. The van der Waals surface area contributed by atoms with Gasteiger partial charge in [0.15, 0.2) is 0 Å². The monoisotopic (exact) mass is 388 g/mol. The van der Waals surface area contributed by atoms with E-state index in [0.717, 1.165) is 12.0 Å². The molecule has 1 amide bonds. The molecule has 0 aliphatic carbocycles. The van der Waals surface area contributed by atoms with E-state index < -0.39 is 10.0 Å². The largest absolute Gasteiger partial charge is 0.371 e. The van der Waals surface area contributed by atoms with E-state index in [0.29, 0.717) is 18.8 Å². The molecule has 3 rings (SSSR count). The first kappa shape index (κ1) is 19.5. The molecule has 0 bridgehead atoms. The highest BCUT2D eigenvalue weighted by Gasteiger charge is 2.31. The van der Waals surface area contributed by atoms with Crippen molar-refractivity contribution in [1.82, 2.24) is 4.31 Å². The van der Waals surface area contributed by atoms with E-state index in [-0.39, 0.29) is 23.5 Å². The number of benzene rings is 2. The Bertz CT molecular complexity index is 893. The van der Waals surface area contributed by atoms with Crippen LogP contribution >= 0.6 is 0 Å². The lowest BCUT2D eigenvalue weighted by Crippen LogP contribution is -2.42. The molecule has 2 aromatic carbocycles. The summed E-state index contributed by atoms with van der Waals surface area (Å²) in [6, 6.07) is 14.3. The number of anilines is 1. The average Bonchev–Trinajstić information content (AvgIpc) is 2.68. The topological polar surface area (TPSA) is 75.7 Å². The summed E-state index contributed by atoms with van der Waals surface area (Å²) in [5.74, 6) is -0.198. The van der Waals surface area contributed by atoms with Gasteiger partial charge in [0.2, 0.25) is 15.9 Å². The van der Waals surface area contributed by atoms with Gasteiger partial charge in [0, 0.05) is 25.7 Å². The van der Waals surface area contributed by atoms with Gasteiger partial charge in [0.25, 0.3) is 0 Å². The summed E-state index contributed by atoms with van der Waals surface area (Å²) in [5.41, 5.74) is 2.78. The van der Waals surface area contributed by atoms with Gasteiger partial charge in [-0.15, -0.1) is 0 Å². The van der Waals surface area contributed by atoms with Crippen molar-refractivity contribution >= 4 is 21.6 Å². The van der Waals surface area contributed by atoms with Crippen LogP contribution in [0.25, 0.3) is 0 Å². The standard InChI is InChI=1S/C20H24N2O4S/c1-3-16-4-6-17(7-5-16)20-14-22(12-13-26-20)27(24,25)19-10-8-18(9-11-19)21-15(2)23/h4-11,20H,3,12-14H2,1-2H3,(H,21,23). The second-order valence-corrected chi connectivity index (χ2v) is 8.46. The van der Waals surface area contributed by atoms with Crippen molar-refractivity contribution < 1.29 is 17.9 Å². The van der Waals surface area contributed by atoms with Crippen LogP contribution in [-0.4, -0.2) is 38.3 Å². The number of amides is 1. The molecule has 2 aromatic rings. The highest BCUT2D eigenvalue weighted by atomic mass is 32.2. The third kappa shape index (κ3) is 4.55. The van der Waals surface area contributed by atoms with E-state index in [9.17, 15) is 13.2 Å². The number of sulfonamides is 1. The molecule has 1 atom stereocenters. The van der Waals surface area contributed by atoms with Crippen molar-refractivity contribution in [1.29, 1.82) is 0 Å².